The standard InChI is InChI=1S/C10H12Cl2N2/c11-7-4-14-5-8(12)10(7)6-2-1-3-9(6)13/h4-6,9H,1-3,13H2. The molecular formula is C10H12Cl2N2. The van der Waals surface area contributed by atoms with Crippen molar-refractivity contribution in [2.45, 2.75) is 31.2 Å². The van der Waals surface area contributed by atoms with Crippen molar-refractivity contribution in [1.29, 1.82) is 0 Å². The van der Waals surface area contributed by atoms with Crippen molar-refractivity contribution in [2.75, 3.05) is 0 Å². The minimum Gasteiger partial charge on any atom is -0.327 e. The molecule has 0 spiro atoms. The molecule has 2 unspecified atom stereocenters. The van der Waals surface area contributed by atoms with Gasteiger partial charge in [0.1, 0.15) is 0 Å². The Morgan fingerprint density at radius 2 is 1.86 bits per heavy atom. The first-order chi connectivity index (χ1) is 6.70. The van der Waals surface area contributed by atoms with Crippen LogP contribution in [0, 0.1) is 0 Å². The molecule has 1 aromatic rings. The summed E-state index contributed by atoms with van der Waals surface area (Å²) >= 11 is 12.1. The zero-order valence-corrected chi connectivity index (χ0v) is 9.22. The lowest BCUT2D eigenvalue weighted by molar-refractivity contribution is 0.613. The Kier molecular flexibility index (Phi) is 2.96. The molecule has 1 aliphatic rings. The molecule has 0 aliphatic heterocycles. The summed E-state index contributed by atoms with van der Waals surface area (Å²) in [6.07, 6.45) is 6.55. The maximum atomic E-state index is 6.07. The van der Waals surface area contributed by atoms with Gasteiger partial charge >= 0.3 is 0 Å². The minimum absolute atomic E-state index is 0.187. The van der Waals surface area contributed by atoms with E-state index in [9.17, 15) is 0 Å². The zero-order chi connectivity index (χ0) is 10.1. The Morgan fingerprint density at radius 3 is 2.36 bits per heavy atom. The molecule has 0 aromatic carbocycles. The molecule has 1 aromatic heterocycles. The molecular weight excluding hydrogens is 219 g/mol. The second-order valence-corrected chi connectivity index (χ2v) is 4.53. The SMILES string of the molecule is NC1CCCC1c1c(Cl)cncc1Cl. The van der Waals surface area contributed by atoms with Gasteiger partial charge in [-0.15, -0.1) is 0 Å². The van der Waals surface area contributed by atoms with E-state index in [1.54, 1.807) is 12.4 Å². The monoisotopic (exact) mass is 230 g/mol. The summed E-state index contributed by atoms with van der Waals surface area (Å²) in [5, 5.41) is 1.28. The minimum atomic E-state index is 0.187. The highest BCUT2D eigenvalue weighted by Gasteiger charge is 2.28. The molecule has 0 saturated heterocycles. The Labute approximate surface area is 93.4 Å². The number of pyridine rings is 1. The molecule has 2 N–H and O–H groups in total. The average molecular weight is 231 g/mol. The van der Waals surface area contributed by atoms with Crippen molar-refractivity contribution in [1.82, 2.24) is 4.98 Å². The van der Waals surface area contributed by atoms with E-state index in [-0.39, 0.29) is 6.04 Å². The first-order valence-corrected chi connectivity index (χ1v) is 5.50. The van der Waals surface area contributed by atoms with Crippen LogP contribution in [-0.2, 0) is 0 Å². The summed E-state index contributed by atoms with van der Waals surface area (Å²) in [6, 6.07) is 0.187. The van der Waals surface area contributed by atoms with Crippen molar-refractivity contribution in [3.05, 3.63) is 28.0 Å². The lowest BCUT2D eigenvalue weighted by atomic mass is 9.95. The third kappa shape index (κ3) is 1.74. The van der Waals surface area contributed by atoms with E-state index >= 15 is 0 Å². The van der Waals surface area contributed by atoms with Gasteiger partial charge in [0.05, 0.1) is 10.0 Å². The third-order valence-corrected chi connectivity index (χ3v) is 3.43. The molecule has 0 bridgehead atoms. The van der Waals surface area contributed by atoms with Crippen molar-refractivity contribution in [3.63, 3.8) is 0 Å². The fourth-order valence-corrected chi connectivity index (χ4v) is 2.77. The quantitative estimate of drug-likeness (QED) is 0.806. The molecule has 0 amide bonds. The zero-order valence-electron chi connectivity index (χ0n) is 7.71. The highest BCUT2D eigenvalue weighted by molar-refractivity contribution is 6.35. The van der Waals surface area contributed by atoms with Crippen LogP contribution >= 0.6 is 23.2 Å². The van der Waals surface area contributed by atoms with Gasteiger partial charge in [-0.1, -0.05) is 29.6 Å². The van der Waals surface area contributed by atoms with E-state index in [4.69, 9.17) is 28.9 Å². The van der Waals surface area contributed by atoms with Crippen LogP contribution in [0.3, 0.4) is 0 Å². The third-order valence-electron chi connectivity index (χ3n) is 2.83. The van der Waals surface area contributed by atoms with Crippen LogP contribution in [-0.4, -0.2) is 11.0 Å². The molecule has 76 valence electrons. The topological polar surface area (TPSA) is 38.9 Å². The Balaban J connectivity index is 2.39. The van der Waals surface area contributed by atoms with Crippen LogP contribution in [0.5, 0.6) is 0 Å². The Morgan fingerprint density at radius 1 is 1.21 bits per heavy atom. The summed E-state index contributed by atoms with van der Waals surface area (Å²) in [6.45, 7) is 0. The molecule has 2 nitrogen and oxygen atoms in total. The van der Waals surface area contributed by atoms with Crippen molar-refractivity contribution in [2.24, 2.45) is 5.73 Å². The molecule has 1 saturated carbocycles. The molecule has 1 fully saturated rings. The summed E-state index contributed by atoms with van der Waals surface area (Å²) in [5.41, 5.74) is 6.99. The van der Waals surface area contributed by atoms with E-state index in [1.807, 2.05) is 0 Å². The van der Waals surface area contributed by atoms with Crippen LogP contribution in [0.25, 0.3) is 0 Å². The summed E-state index contributed by atoms with van der Waals surface area (Å²) in [5.74, 6) is 0.304. The number of halogens is 2. The van der Waals surface area contributed by atoms with E-state index < -0.39 is 0 Å². The second kappa shape index (κ2) is 4.05. The van der Waals surface area contributed by atoms with Crippen LogP contribution in [0.15, 0.2) is 12.4 Å². The highest BCUT2D eigenvalue weighted by atomic mass is 35.5. The van der Waals surface area contributed by atoms with Crippen LogP contribution in [0.4, 0.5) is 0 Å². The van der Waals surface area contributed by atoms with Gasteiger partial charge in [-0.05, 0) is 18.4 Å². The smallest absolute Gasteiger partial charge is 0.0639 e. The molecule has 14 heavy (non-hydrogen) atoms. The number of rotatable bonds is 1. The van der Waals surface area contributed by atoms with E-state index in [0.29, 0.717) is 16.0 Å². The van der Waals surface area contributed by atoms with E-state index in [0.717, 1.165) is 24.8 Å². The van der Waals surface area contributed by atoms with E-state index in [2.05, 4.69) is 4.98 Å². The van der Waals surface area contributed by atoms with Crippen LogP contribution in [0.1, 0.15) is 30.7 Å². The molecule has 4 heteroatoms. The summed E-state index contributed by atoms with van der Waals surface area (Å²) < 4.78 is 0. The van der Waals surface area contributed by atoms with Crippen molar-refractivity contribution >= 4 is 23.2 Å². The molecule has 2 rings (SSSR count). The predicted octanol–water partition coefficient (Wildman–Crippen LogP) is 2.98. The van der Waals surface area contributed by atoms with Crippen LogP contribution in [0.2, 0.25) is 10.0 Å². The fourth-order valence-electron chi connectivity index (χ4n) is 2.12. The van der Waals surface area contributed by atoms with Gasteiger partial charge in [0.2, 0.25) is 0 Å². The van der Waals surface area contributed by atoms with Crippen molar-refractivity contribution < 1.29 is 0 Å². The van der Waals surface area contributed by atoms with Gasteiger partial charge in [0.25, 0.3) is 0 Å². The van der Waals surface area contributed by atoms with Gasteiger partial charge in [0, 0.05) is 24.4 Å². The average Bonchev–Trinajstić information content (AvgIpc) is 2.52. The number of nitrogens with zero attached hydrogens (tertiary/aromatic N) is 1. The molecule has 0 radical (unpaired) electrons. The first kappa shape index (κ1) is 10.2. The first-order valence-electron chi connectivity index (χ1n) is 4.74. The molecule has 1 aliphatic carbocycles. The lowest BCUT2D eigenvalue weighted by Gasteiger charge is -2.18. The van der Waals surface area contributed by atoms with Gasteiger partial charge < -0.3 is 5.73 Å². The van der Waals surface area contributed by atoms with E-state index in [1.165, 1.54) is 0 Å². The maximum Gasteiger partial charge on any atom is 0.0639 e. The normalized spacial score (nSPS) is 26.8. The van der Waals surface area contributed by atoms with Gasteiger partial charge in [-0.2, -0.15) is 0 Å². The molecule has 2 atom stereocenters. The number of hydrogen-bond acceptors (Lipinski definition) is 2. The van der Waals surface area contributed by atoms with Gasteiger partial charge in [-0.3, -0.25) is 4.98 Å². The van der Waals surface area contributed by atoms with Crippen molar-refractivity contribution in [3.8, 4) is 0 Å². The highest BCUT2D eigenvalue weighted by Crippen LogP contribution is 2.39. The maximum absolute atomic E-state index is 6.07. The predicted molar refractivity (Wildman–Crippen MR) is 58.8 cm³/mol. The summed E-state index contributed by atoms with van der Waals surface area (Å²) in [4.78, 5) is 3.94. The fraction of sp³-hybridized carbons (Fsp3) is 0.500. The van der Waals surface area contributed by atoms with Crippen LogP contribution < -0.4 is 5.73 Å². The number of nitrogens with two attached hydrogens (primary N) is 1. The lowest BCUT2D eigenvalue weighted by Crippen LogP contribution is -2.23. The number of aromatic nitrogens is 1. The Bertz CT molecular complexity index is 321. The largest absolute Gasteiger partial charge is 0.327 e. The summed E-state index contributed by atoms with van der Waals surface area (Å²) in [7, 11) is 0. The van der Waals surface area contributed by atoms with Gasteiger partial charge in [0.15, 0.2) is 0 Å². The Hall–Kier alpha value is -0.310. The number of hydrogen-bond donors (Lipinski definition) is 1. The molecule has 1 heterocycles. The second-order valence-electron chi connectivity index (χ2n) is 3.72. The van der Waals surface area contributed by atoms with Gasteiger partial charge in [-0.25, -0.2) is 0 Å².